The van der Waals surface area contributed by atoms with Gasteiger partial charge in [-0.25, -0.2) is 4.39 Å². The fourth-order valence-corrected chi connectivity index (χ4v) is 1.43. The second-order valence-electron chi connectivity index (χ2n) is 3.72. The smallest absolute Gasteiger partial charge is 0.351 e. The van der Waals surface area contributed by atoms with Crippen LogP contribution in [0.4, 0.5) is 28.9 Å². The van der Waals surface area contributed by atoms with Gasteiger partial charge in [-0.05, 0) is 18.2 Å². The average Bonchev–Trinajstić information content (AvgIpc) is 2.65. The number of anilines is 2. The van der Waals surface area contributed by atoms with Gasteiger partial charge < -0.3 is 5.32 Å². The van der Waals surface area contributed by atoms with Gasteiger partial charge in [0.15, 0.2) is 0 Å². The zero-order valence-corrected chi connectivity index (χ0v) is 9.29. The van der Waals surface area contributed by atoms with E-state index in [1.165, 1.54) is 10.9 Å². The molecule has 1 aromatic carbocycles. The van der Waals surface area contributed by atoms with Crippen LogP contribution in [-0.2, 0) is 13.2 Å². The Bertz CT molecular complexity index is 560. The molecule has 7 heteroatoms. The summed E-state index contributed by atoms with van der Waals surface area (Å²) < 4.78 is 52.0. The number of nitrogens with zero attached hydrogens (tertiary/aromatic N) is 2. The summed E-state index contributed by atoms with van der Waals surface area (Å²) in [5.74, 6) is -0.964. The van der Waals surface area contributed by atoms with Crippen LogP contribution in [0.2, 0.25) is 0 Å². The van der Waals surface area contributed by atoms with Crippen LogP contribution in [-0.4, -0.2) is 9.78 Å². The lowest BCUT2D eigenvalue weighted by Crippen LogP contribution is -2.06. The van der Waals surface area contributed by atoms with Gasteiger partial charge in [0, 0.05) is 13.2 Å². The van der Waals surface area contributed by atoms with Crippen LogP contribution < -0.4 is 5.32 Å². The van der Waals surface area contributed by atoms with Crippen molar-refractivity contribution in [2.45, 2.75) is 6.18 Å². The molecule has 2 aromatic rings. The molecule has 18 heavy (non-hydrogen) atoms. The summed E-state index contributed by atoms with van der Waals surface area (Å²) in [5.41, 5.74) is -0.552. The van der Waals surface area contributed by atoms with Gasteiger partial charge in [0.05, 0.1) is 23.1 Å². The summed E-state index contributed by atoms with van der Waals surface area (Å²) in [6.07, 6.45) is -1.53. The highest BCUT2D eigenvalue weighted by molar-refractivity contribution is 5.59. The van der Waals surface area contributed by atoms with Gasteiger partial charge in [-0.3, -0.25) is 4.68 Å². The fourth-order valence-electron chi connectivity index (χ4n) is 1.43. The van der Waals surface area contributed by atoms with Crippen molar-refractivity contribution in [3.63, 3.8) is 0 Å². The van der Waals surface area contributed by atoms with Gasteiger partial charge >= 0.3 is 6.18 Å². The standard InChI is InChI=1S/C11H9F4N3/c1-18-6-8(5-16-18)17-10-3-2-7(4-9(10)12)11(13,14)15/h2-6,17H,1H3. The first kappa shape index (κ1) is 12.4. The number of rotatable bonds is 2. The first-order chi connectivity index (χ1) is 8.36. The molecule has 0 fully saturated rings. The van der Waals surface area contributed by atoms with Crippen molar-refractivity contribution in [3.8, 4) is 0 Å². The van der Waals surface area contributed by atoms with Gasteiger partial charge in [-0.1, -0.05) is 0 Å². The van der Waals surface area contributed by atoms with Crippen molar-refractivity contribution in [1.82, 2.24) is 9.78 Å². The Morgan fingerprint density at radius 3 is 2.50 bits per heavy atom. The summed E-state index contributed by atoms with van der Waals surface area (Å²) in [6, 6.07) is 2.33. The number of aryl methyl sites for hydroxylation is 1. The topological polar surface area (TPSA) is 29.9 Å². The Labute approximate surface area is 100 Å². The third-order valence-corrected chi connectivity index (χ3v) is 2.28. The number of hydrogen-bond donors (Lipinski definition) is 1. The van der Waals surface area contributed by atoms with E-state index in [1.807, 2.05) is 0 Å². The zero-order chi connectivity index (χ0) is 13.3. The number of alkyl halides is 3. The Hall–Kier alpha value is -2.05. The highest BCUT2D eigenvalue weighted by Crippen LogP contribution is 2.31. The molecule has 3 nitrogen and oxygen atoms in total. The molecule has 0 spiro atoms. The van der Waals surface area contributed by atoms with Crippen LogP contribution in [0.1, 0.15) is 5.56 Å². The van der Waals surface area contributed by atoms with Gasteiger partial charge in [0.1, 0.15) is 5.82 Å². The number of benzene rings is 1. The van der Waals surface area contributed by atoms with Crippen LogP contribution in [0.15, 0.2) is 30.6 Å². The normalized spacial score (nSPS) is 11.6. The van der Waals surface area contributed by atoms with Crippen LogP contribution in [0.25, 0.3) is 0 Å². The molecule has 0 unspecified atom stereocenters. The van der Waals surface area contributed by atoms with E-state index in [9.17, 15) is 17.6 Å². The molecule has 0 aliphatic carbocycles. The van der Waals surface area contributed by atoms with E-state index in [0.717, 1.165) is 12.1 Å². The molecule has 1 aromatic heterocycles. The second-order valence-corrected chi connectivity index (χ2v) is 3.72. The van der Waals surface area contributed by atoms with E-state index >= 15 is 0 Å². The maximum Gasteiger partial charge on any atom is 0.416 e. The minimum Gasteiger partial charge on any atom is -0.351 e. The molecule has 1 N–H and O–H groups in total. The lowest BCUT2D eigenvalue weighted by Gasteiger charge is -2.09. The minimum atomic E-state index is -4.55. The minimum absolute atomic E-state index is 0.0315. The van der Waals surface area contributed by atoms with E-state index < -0.39 is 17.6 Å². The third kappa shape index (κ3) is 2.61. The molecule has 0 aliphatic rings. The molecular formula is C11H9F4N3. The highest BCUT2D eigenvalue weighted by atomic mass is 19.4. The summed E-state index contributed by atoms with van der Waals surface area (Å²) in [4.78, 5) is 0. The molecule has 0 bridgehead atoms. The van der Waals surface area contributed by atoms with Crippen LogP contribution in [0, 0.1) is 5.82 Å². The number of nitrogens with one attached hydrogen (secondary N) is 1. The van der Waals surface area contributed by atoms with Gasteiger partial charge in [0.2, 0.25) is 0 Å². The lowest BCUT2D eigenvalue weighted by molar-refractivity contribution is -0.137. The quantitative estimate of drug-likeness (QED) is 0.838. The van der Waals surface area contributed by atoms with Crippen LogP contribution in [0.5, 0.6) is 0 Å². The maximum absolute atomic E-state index is 13.5. The van der Waals surface area contributed by atoms with E-state index in [0.29, 0.717) is 11.8 Å². The van der Waals surface area contributed by atoms with Crippen molar-refractivity contribution in [1.29, 1.82) is 0 Å². The lowest BCUT2D eigenvalue weighted by atomic mass is 10.2. The number of halogens is 4. The first-order valence-corrected chi connectivity index (χ1v) is 4.98. The molecule has 0 amide bonds. The molecule has 1 heterocycles. The molecular weight excluding hydrogens is 250 g/mol. The Morgan fingerprint density at radius 1 is 1.28 bits per heavy atom. The number of aromatic nitrogens is 2. The van der Waals surface area contributed by atoms with Crippen molar-refractivity contribution >= 4 is 11.4 Å². The van der Waals surface area contributed by atoms with E-state index in [2.05, 4.69) is 10.4 Å². The summed E-state index contributed by atoms with van der Waals surface area (Å²) in [6.45, 7) is 0. The Balaban J connectivity index is 2.25. The number of hydrogen-bond acceptors (Lipinski definition) is 2. The van der Waals surface area contributed by atoms with Gasteiger partial charge in [-0.2, -0.15) is 18.3 Å². The summed E-state index contributed by atoms with van der Waals surface area (Å²) >= 11 is 0. The van der Waals surface area contributed by atoms with E-state index in [-0.39, 0.29) is 5.69 Å². The Morgan fingerprint density at radius 2 is 2.00 bits per heavy atom. The van der Waals surface area contributed by atoms with Crippen LogP contribution in [0.3, 0.4) is 0 Å². The highest BCUT2D eigenvalue weighted by Gasteiger charge is 2.31. The van der Waals surface area contributed by atoms with Gasteiger partial charge in [-0.15, -0.1) is 0 Å². The monoisotopic (exact) mass is 259 g/mol. The second kappa shape index (κ2) is 4.32. The SMILES string of the molecule is Cn1cc(Nc2ccc(C(F)(F)F)cc2F)cn1. The average molecular weight is 259 g/mol. The van der Waals surface area contributed by atoms with Crippen molar-refractivity contribution in [2.75, 3.05) is 5.32 Å². The molecule has 0 radical (unpaired) electrons. The third-order valence-electron chi connectivity index (χ3n) is 2.28. The molecule has 96 valence electrons. The van der Waals surface area contributed by atoms with E-state index in [4.69, 9.17) is 0 Å². The predicted molar refractivity (Wildman–Crippen MR) is 57.9 cm³/mol. The molecule has 2 rings (SSSR count). The molecule has 0 saturated heterocycles. The van der Waals surface area contributed by atoms with Crippen molar-refractivity contribution in [3.05, 3.63) is 42.0 Å². The Kier molecular flexibility index (Phi) is 2.98. The van der Waals surface area contributed by atoms with Gasteiger partial charge in [0.25, 0.3) is 0 Å². The summed E-state index contributed by atoms with van der Waals surface area (Å²) in [5, 5.41) is 6.50. The fraction of sp³-hybridized carbons (Fsp3) is 0.182. The molecule has 0 atom stereocenters. The predicted octanol–water partition coefficient (Wildman–Crippen LogP) is 3.32. The van der Waals surface area contributed by atoms with E-state index in [1.54, 1.807) is 13.2 Å². The largest absolute Gasteiger partial charge is 0.416 e. The molecule has 0 aliphatic heterocycles. The van der Waals surface area contributed by atoms with Crippen LogP contribution >= 0.6 is 0 Å². The molecule has 0 saturated carbocycles. The summed E-state index contributed by atoms with van der Waals surface area (Å²) in [7, 11) is 1.67. The van der Waals surface area contributed by atoms with Crippen molar-refractivity contribution < 1.29 is 17.6 Å². The zero-order valence-electron chi connectivity index (χ0n) is 9.29. The van der Waals surface area contributed by atoms with Crippen molar-refractivity contribution in [2.24, 2.45) is 7.05 Å². The maximum atomic E-state index is 13.5. The first-order valence-electron chi connectivity index (χ1n) is 4.98.